The lowest BCUT2D eigenvalue weighted by atomic mass is 10.1. The number of halogens is 1. The van der Waals surface area contributed by atoms with Gasteiger partial charge in [0.15, 0.2) is 0 Å². The standard InChI is InChI=1S/C18H16ClNO2/c1-11-3-5-14(6-4-11)20-18(21)8-13-10-22-17-7-12(2)16(19)9-15(13)17/h3-7,9-10H,8H2,1-2H3,(H,20,21). The molecule has 0 bridgehead atoms. The molecule has 0 aliphatic rings. The van der Waals surface area contributed by atoms with Crippen molar-refractivity contribution in [3.63, 3.8) is 0 Å². The largest absolute Gasteiger partial charge is 0.464 e. The molecule has 0 radical (unpaired) electrons. The molecule has 1 heterocycles. The Balaban J connectivity index is 1.79. The molecular formula is C18H16ClNO2. The molecule has 1 N–H and O–H groups in total. The molecule has 0 aliphatic carbocycles. The molecule has 3 aromatic rings. The summed E-state index contributed by atoms with van der Waals surface area (Å²) >= 11 is 6.16. The summed E-state index contributed by atoms with van der Waals surface area (Å²) in [4.78, 5) is 12.2. The molecule has 0 saturated carbocycles. The van der Waals surface area contributed by atoms with E-state index in [-0.39, 0.29) is 12.3 Å². The van der Waals surface area contributed by atoms with Gasteiger partial charge in [-0.15, -0.1) is 0 Å². The molecule has 22 heavy (non-hydrogen) atoms. The van der Waals surface area contributed by atoms with Crippen LogP contribution >= 0.6 is 11.6 Å². The van der Waals surface area contributed by atoms with Crippen LogP contribution in [0.25, 0.3) is 11.0 Å². The Labute approximate surface area is 133 Å². The van der Waals surface area contributed by atoms with E-state index in [0.29, 0.717) is 5.02 Å². The van der Waals surface area contributed by atoms with Crippen LogP contribution in [-0.4, -0.2) is 5.91 Å². The van der Waals surface area contributed by atoms with Crippen LogP contribution < -0.4 is 5.32 Å². The van der Waals surface area contributed by atoms with Crippen molar-refractivity contribution in [3.8, 4) is 0 Å². The minimum Gasteiger partial charge on any atom is -0.464 e. The number of carbonyl (C=O) groups is 1. The Morgan fingerprint density at radius 1 is 1.18 bits per heavy atom. The summed E-state index contributed by atoms with van der Waals surface area (Å²) in [6, 6.07) is 11.4. The third-order valence-electron chi connectivity index (χ3n) is 3.62. The smallest absolute Gasteiger partial charge is 0.228 e. The maximum Gasteiger partial charge on any atom is 0.228 e. The van der Waals surface area contributed by atoms with Gasteiger partial charge < -0.3 is 9.73 Å². The van der Waals surface area contributed by atoms with Crippen molar-refractivity contribution in [2.45, 2.75) is 20.3 Å². The molecule has 0 fully saturated rings. The van der Waals surface area contributed by atoms with E-state index in [0.717, 1.165) is 33.3 Å². The predicted molar refractivity (Wildman–Crippen MR) is 89.5 cm³/mol. The highest BCUT2D eigenvalue weighted by Crippen LogP contribution is 2.28. The van der Waals surface area contributed by atoms with Gasteiger partial charge in [-0.25, -0.2) is 0 Å². The number of hydrogen-bond acceptors (Lipinski definition) is 2. The van der Waals surface area contributed by atoms with E-state index in [1.807, 2.05) is 50.2 Å². The maximum absolute atomic E-state index is 12.2. The van der Waals surface area contributed by atoms with Crippen LogP contribution in [0.2, 0.25) is 5.02 Å². The number of hydrogen-bond donors (Lipinski definition) is 1. The fourth-order valence-electron chi connectivity index (χ4n) is 2.35. The summed E-state index contributed by atoms with van der Waals surface area (Å²) in [7, 11) is 0. The fourth-order valence-corrected chi connectivity index (χ4v) is 2.52. The molecule has 1 aromatic heterocycles. The van der Waals surface area contributed by atoms with E-state index in [1.54, 1.807) is 6.26 Å². The molecule has 3 nitrogen and oxygen atoms in total. The number of benzene rings is 2. The molecule has 0 aliphatic heterocycles. The molecule has 2 aromatic carbocycles. The van der Waals surface area contributed by atoms with Gasteiger partial charge in [-0.3, -0.25) is 4.79 Å². The Morgan fingerprint density at radius 3 is 2.64 bits per heavy atom. The Bertz CT molecular complexity index is 834. The van der Waals surface area contributed by atoms with Crippen molar-refractivity contribution in [2.75, 3.05) is 5.32 Å². The van der Waals surface area contributed by atoms with Gasteiger partial charge in [0, 0.05) is 21.7 Å². The number of aryl methyl sites for hydroxylation is 2. The summed E-state index contributed by atoms with van der Waals surface area (Å²) in [6.45, 7) is 3.93. The predicted octanol–water partition coefficient (Wildman–Crippen LogP) is 4.88. The quantitative estimate of drug-likeness (QED) is 0.748. The fraction of sp³-hybridized carbons (Fsp3) is 0.167. The van der Waals surface area contributed by atoms with Crippen LogP contribution in [0.5, 0.6) is 0 Å². The number of anilines is 1. The minimum absolute atomic E-state index is 0.0803. The van der Waals surface area contributed by atoms with Gasteiger partial charge in [0.1, 0.15) is 5.58 Å². The number of fused-ring (bicyclic) bond motifs is 1. The second kappa shape index (κ2) is 5.85. The lowest BCUT2D eigenvalue weighted by Crippen LogP contribution is -2.14. The Hall–Kier alpha value is -2.26. The van der Waals surface area contributed by atoms with Gasteiger partial charge >= 0.3 is 0 Å². The molecule has 0 spiro atoms. The van der Waals surface area contributed by atoms with E-state index in [2.05, 4.69) is 5.32 Å². The summed E-state index contributed by atoms with van der Waals surface area (Å²) in [5.41, 5.74) is 4.49. The van der Waals surface area contributed by atoms with E-state index < -0.39 is 0 Å². The van der Waals surface area contributed by atoms with Crippen LogP contribution in [0.1, 0.15) is 16.7 Å². The number of rotatable bonds is 3. The number of nitrogens with one attached hydrogen (secondary N) is 1. The van der Waals surface area contributed by atoms with Crippen molar-refractivity contribution >= 4 is 34.2 Å². The van der Waals surface area contributed by atoms with Crippen LogP contribution in [0.3, 0.4) is 0 Å². The van der Waals surface area contributed by atoms with Crippen LogP contribution in [0, 0.1) is 13.8 Å². The summed E-state index contributed by atoms with van der Waals surface area (Å²) in [6.07, 6.45) is 1.87. The maximum atomic E-state index is 12.2. The van der Waals surface area contributed by atoms with Crippen LogP contribution in [-0.2, 0) is 11.2 Å². The van der Waals surface area contributed by atoms with Gasteiger partial charge in [0.2, 0.25) is 5.91 Å². The molecule has 0 atom stereocenters. The average molecular weight is 314 g/mol. The highest BCUT2D eigenvalue weighted by molar-refractivity contribution is 6.32. The highest BCUT2D eigenvalue weighted by Gasteiger charge is 2.12. The number of furan rings is 1. The first-order valence-corrected chi connectivity index (χ1v) is 7.43. The highest BCUT2D eigenvalue weighted by atomic mass is 35.5. The monoisotopic (exact) mass is 313 g/mol. The second-order valence-corrected chi connectivity index (χ2v) is 5.86. The van der Waals surface area contributed by atoms with E-state index in [4.69, 9.17) is 16.0 Å². The Kier molecular flexibility index (Phi) is 3.90. The molecule has 4 heteroatoms. The van der Waals surface area contributed by atoms with E-state index in [9.17, 15) is 4.79 Å². The molecule has 0 saturated heterocycles. The number of amides is 1. The van der Waals surface area contributed by atoms with Gasteiger partial charge in [-0.2, -0.15) is 0 Å². The average Bonchev–Trinajstić information content (AvgIpc) is 2.84. The normalized spacial score (nSPS) is 10.9. The van der Waals surface area contributed by atoms with Gasteiger partial charge in [-0.1, -0.05) is 29.3 Å². The van der Waals surface area contributed by atoms with Crippen LogP contribution in [0.15, 0.2) is 47.1 Å². The van der Waals surface area contributed by atoms with Gasteiger partial charge in [0.05, 0.1) is 12.7 Å². The first kappa shape index (κ1) is 14.7. The molecule has 112 valence electrons. The van der Waals surface area contributed by atoms with Crippen molar-refractivity contribution < 1.29 is 9.21 Å². The summed E-state index contributed by atoms with van der Waals surface area (Å²) in [5, 5.41) is 4.44. The van der Waals surface area contributed by atoms with Crippen molar-refractivity contribution in [3.05, 3.63) is 64.4 Å². The molecule has 0 unspecified atom stereocenters. The second-order valence-electron chi connectivity index (χ2n) is 5.45. The van der Waals surface area contributed by atoms with Crippen molar-refractivity contribution in [1.82, 2.24) is 0 Å². The summed E-state index contributed by atoms with van der Waals surface area (Å²) < 4.78 is 5.51. The topological polar surface area (TPSA) is 42.2 Å². The van der Waals surface area contributed by atoms with Crippen LogP contribution in [0.4, 0.5) is 5.69 Å². The third-order valence-corrected chi connectivity index (χ3v) is 4.03. The Morgan fingerprint density at radius 2 is 1.91 bits per heavy atom. The van der Waals surface area contributed by atoms with E-state index in [1.165, 1.54) is 0 Å². The zero-order valence-corrected chi connectivity index (χ0v) is 13.2. The molecule has 1 amide bonds. The third kappa shape index (κ3) is 3.00. The van der Waals surface area contributed by atoms with Gasteiger partial charge in [0.25, 0.3) is 0 Å². The molecular weight excluding hydrogens is 298 g/mol. The summed E-state index contributed by atoms with van der Waals surface area (Å²) in [5.74, 6) is -0.0803. The number of carbonyl (C=O) groups excluding carboxylic acids is 1. The zero-order chi connectivity index (χ0) is 15.7. The first-order valence-electron chi connectivity index (χ1n) is 7.05. The molecule has 3 rings (SSSR count). The lowest BCUT2D eigenvalue weighted by Gasteiger charge is -2.05. The lowest BCUT2D eigenvalue weighted by molar-refractivity contribution is -0.115. The minimum atomic E-state index is -0.0803. The first-order chi connectivity index (χ1) is 10.5. The van der Waals surface area contributed by atoms with Gasteiger partial charge in [-0.05, 0) is 43.7 Å². The van der Waals surface area contributed by atoms with E-state index >= 15 is 0 Å². The van der Waals surface area contributed by atoms with Crippen molar-refractivity contribution in [1.29, 1.82) is 0 Å². The van der Waals surface area contributed by atoms with Crippen molar-refractivity contribution in [2.24, 2.45) is 0 Å². The SMILES string of the molecule is Cc1ccc(NC(=O)Cc2coc3cc(C)c(Cl)cc23)cc1. The zero-order valence-electron chi connectivity index (χ0n) is 12.4.